The first-order valence-corrected chi connectivity index (χ1v) is 9.30. The number of Topliss-reactive ketones (excluding diaryl/α,β-unsaturated/α-hetero) is 1. The van der Waals surface area contributed by atoms with E-state index in [1.165, 1.54) is 4.68 Å². The smallest absolute Gasteiger partial charge is 0.274 e. The number of carbonyl (C=O) groups is 1. The molecule has 1 atom stereocenters. The van der Waals surface area contributed by atoms with Gasteiger partial charge < -0.3 is 14.6 Å². The molecule has 1 N–H and O–H groups in total. The van der Waals surface area contributed by atoms with Crippen molar-refractivity contribution in [2.45, 2.75) is 39.3 Å². The Bertz CT molecular complexity index is 1020. The zero-order valence-electron chi connectivity index (χ0n) is 16.1. The quantitative estimate of drug-likeness (QED) is 0.650. The predicted octanol–water partition coefficient (Wildman–Crippen LogP) is 2.67. The molecule has 1 heterocycles. The Balaban J connectivity index is 1.61. The van der Waals surface area contributed by atoms with Gasteiger partial charge in [-0.1, -0.05) is 30.3 Å². The largest absolute Gasteiger partial charge is 0.491 e. The zero-order chi connectivity index (χ0) is 20.1. The Morgan fingerprint density at radius 3 is 2.50 bits per heavy atom. The first-order chi connectivity index (χ1) is 13.4. The van der Waals surface area contributed by atoms with E-state index in [1.807, 2.05) is 49.4 Å². The van der Waals surface area contributed by atoms with Gasteiger partial charge in [-0.15, -0.1) is 0 Å². The standard InChI is InChI=1S/C22H24N2O4/c1-15(25)7-8-17-9-11-19(12-10-17)28-14-18(26)13-24-22(27)21-6-4-3-5-20(21)16(2)23-24/h3-6,9-12,18,26H,7-8,13-14H2,1-2H3. The molecule has 0 amide bonds. The van der Waals surface area contributed by atoms with Crippen molar-refractivity contribution in [3.05, 3.63) is 70.1 Å². The van der Waals surface area contributed by atoms with Crippen LogP contribution in [0.4, 0.5) is 0 Å². The van der Waals surface area contributed by atoms with Crippen LogP contribution in [0.1, 0.15) is 24.6 Å². The van der Waals surface area contributed by atoms with Crippen LogP contribution in [0.25, 0.3) is 10.8 Å². The number of carbonyl (C=O) groups excluding carboxylic acids is 1. The molecule has 0 aliphatic carbocycles. The van der Waals surface area contributed by atoms with Crippen molar-refractivity contribution in [2.75, 3.05) is 6.61 Å². The molecule has 1 aromatic heterocycles. The lowest BCUT2D eigenvalue weighted by Gasteiger charge is -2.14. The van der Waals surface area contributed by atoms with Crippen molar-refractivity contribution < 1.29 is 14.6 Å². The first kappa shape index (κ1) is 19.8. The summed E-state index contributed by atoms with van der Waals surface area (Å²) in [5, 5.41) is 16.0. The van der Waals surface area contributed by atoms with E-state index in [9.17, 15) is 14.7 Å². The van der Waals surface area contributed by atoms with Crippen molar-refractivity contribution in [2.24, 2.45) is 0 Å². The summed E-state index contributed by atoms with van der Waals surface area (Å²) in [5.74, 6) is 0.789. The van der Waals surface area contributed by atoms with Crippen LogP contribution in [0.2, 0.25) is 0 Å². The third-order valence-corrected chi connectivity index (χ3v) is 4.57. The number of aryl methyl sites for hydroxylation is 2. The molecule has 146 valence electrons. The van der Waals surface area contributed by atoms with Crippen LogP contribution in [0.15, 0.2) is 53.3 Å². The van der Waals surface area contributed by atoms with Gasteiger partial charge in [-0.05, 0) is 44.0 Å². The molecule has 3 rings (SSSR count). The molecule has 3 aromatic rings. The number of aromatic nitrogens is 2. The fourth-order valence-corrected chi connectivity index (χ4v) is 3.05. The van der Waals surface area contributed by atoms with Crippen molar-refractivity contribution in [3.63, 3.8) is 0 Å². The first-order valence-electron chi connectivity index (χ1n) is 9.30. The summed E-state index contributed by atoms with van der Waals surface area (Å²) >= 11 is 0. The molecule has 28 heavy (non-hydrogen) atoms. The molecular weight excluding hydrogens is 356 g/mol. The SMILES string of the molecule is CC(=O)CCc1ccc(OCC(O)Cn2nc(C)c3ccccc3c2=O)cc1. The highest BCUT2D eigenvalue weighted by Gasteiger charge is 2.12. The minimum atomic E-state index is -0.872. The van der Waals surface area contributed by atoms with Gasteiger partial charge in [0.2, 0.25) is 0 Å². The molecule has 0 saturated heterocycles. The Morgan fingerprint density at radius 2 is 1.82 bits per heavy atom. The van der Waals surface area contributed by atoms with E-state index < -0.39 is 6.10 Å². The van der Waals surface area contributed by atoms with Crippen LogP contribution in [-0.2, 0) is 17.8 Å². The minimum Gasteiger partial charge on any atom is -0.491 e. The maximum absolute atomic E-state index is 12.6. The molecule has 6 nitrogen and oxygen atoms in total. The van der Waals surface area contributed by atoms with Gasteiger partial charge in [0.05, 0.1) is 17.6 Å². The Morgan fingerprint density at radius 1 is 1.14 bits per heavy atom. The maximum atomic E-state index is 12.6. The number of nitrogens with zero attached hydrogens (tertiary/aromatic N) is 2. The summed E-state index contributed by atoms with van der Waals surface area (Å²) in [5.41, 5.74) is 1.57. The van der Waals surface area contributed by atoms with Crippen LogP contribution >= 0.6 is 0 Å². The predicted molar refractivity (Wildman–Crippen MR) is 108 cm³/mol. The van der Waals surface area contributed by atoms with Crippen LogP contribution in [0, 0.1) is 6.92 Å². The number of hydrogen-bond acceptors (Lipinski definition) is 5. The number of benzene rings is 2. The van der Waals surface area contributed by atoms with Crippen molar-refractivity contribution in [1.29, 1.82) is 0 Å². The van der Waals surface area contributed by atoms with Crippen molar-refractivity contribution >= 4 is 16.6 Å². The number of hydrogen-bond donors (Lipinski definition) is 1. The molecule has 0 aliphatic heterocycles. The number of fused-ring (bicyclic) bond motifs is 1. The van der Waals surface area contributed by atoms with Crippen LogP contribution in [-0.4, -0.2) is 33.4 Å². The Labute approximate surface area is 163 Å². The Kier molecular flexibility index (Phi) is 6.21. The number of ketones is 1. The molecule has 0 saturated carbocycles. The van der Waals surface area contributed by atoms with Gasteiger partial charge in [-0.3, -0.25) is 4.79 Å². The lowest BCUT2D eigenvalue weighted by Crippen LogP contribution is -2.32. The van der Waals surface area contributed by atoms with Gasteiger partial charge in [-0.2, -0.15) is 5.10 Å². The van der Waals surface area contributed by atoms with Gasteiger partial charge in [0.15, 0.2) is 0 Å². The minimum absolute atomic E-state index is 0.0484. The second-order valence-corrected chi connectivity index (χ2v) is 6.93. The van der Waals surface area contributed by atoms with E-state index in [4.69, 9.17) is 4.74 Å². The van der Waals surface area contributed by atoms with Gasteiger partial charge in [-0.25, -0.2) is 4.68 Å². The molecule has 0 radical (unpaired) electrons. The fourth-order valence-electron chi connectivity index (χ4n) is 3.05. The van der Waals surface area contributed by atoms with Crippen LogP contribution in [0.5, 0.6) is 5.75 Å². The lowest BCUT2D eigenvalue weighted by molar-refractivity contribution is -0.116. The number of rotatable bonds is 8. The molecular formula is C22H24N2O4. The molecule has 0 spiro atoms. The van der Waals surface area contributed by atoms with E-state index in [1.54, 1.807) is 13.0 Å². The summed E-state index contributed by atoms with van der Waals surface area (Å²) in [7, 11) is 0. The molecule has 0 aliphatic rings. The number of aliphatic hydroxyl groups excluding tert-OH is 1. The van der Waals surface area contributed by atoms with E-state index >= 15 is 0 Å². The molecule has 0 bridgehead atoms. The highest BCUT2D eigenvalue weighted by atomic mass is 16.5. The third kappa shape index (κ3) is 4.84. The second kappa shape index (κ2) is 8.80. The second-order valence-electron chi connectivity index (χ2n) is 6.93. The summed E-state index contributed by atoms with van der Waals surface area (Å²) in [4.78, 5) is 23.6. The molecule has 1 unspecified atom stereocenters. The fraction of sp³-hybridized carbons (Fsp3) is 0.318. The van der Waals surface area contributed by atoms with E-state index in [2.05, 4.69) is 5.10 Å². The summed E-state index contributed by atoms with van der Waals surface area (Å²) in [6, 6.07) is 14.7. The summed E-state index contributed by atoms with van der Waals surface area (Å²) < 4.78 is 6.91. The van der Waals surface area contributed by atoms with Crippen molar-refractivity contribution in [3.8, 4) is 5.75 Å². The topological polar surface area (TPSA) is 81.4 Å². The third-order valence-electron chi connectivity index (χ3n) is 4.57. The highest BCUT2D eigenvalue weighted by Crippen LogP contribution is 2.15. The van der Waals surface area contributed by atoms with Crippen LogP contribution < -0.4 is 10.3 Å². The summed E-state index contributed by atoms with van der Waals surface area (Å²) in [6.45, 7) is 3.53. The number of aliphatic hydroxyl groups is 1. The van der Waals surface area contributed by atoms with E-state index in [-0.39, 0.29) is 24.5 Å². The van der Waals surface area contributed by atoms with E-state index in [0.29, 0.717) is 24.0 Å². The van der Waals surface area contributed by atoms with Crippen molar-refractivity contribution in [1.82, 2.24) is 9.78 Å². The van der Waals surface area contributed by atoms with Gasteiger partial charge in [0.1, 0.15) is 24.2 Å². The molecule has 6 heteroatoms. The summed E-state index contributed by atoms with van der Waals surface area (Å²) in [6.07, 6.45) is 0.350. The van der Waals surface area contributed by atoms with E-state index in [0.717, 1.165) is 16.6 Å². The monoisotopic (exact) mass is 380 g/mol. The average molecular weight is 380 g/mol. The molecule has 0 fully saturated rings. The van der Waals surface area contributed by atoms with Crippen LogP contribution in [0.3, 0.4) is 0 Å². The lowest BCUT2D eigenvalue weighted by atomic mass is 10.1. The number of ether oxygens (including phenoxy) is 1. The average Bonchev–Trinajstić information content (AvgIpc) is 2.69. The van der Waals surface area contributed by atoms with Gasteiger partial charge >= 0.3 is 0 Å². The Hall–Kier alpha value is -2.99. The highest BCUT2D eigenvalue weighted by molar-refractivity contribution is 5.83. The van der Waals surface area contributed by atoms with Gasteiger partial charge in [0, 0.05) is 11.8 Å². The maximum Gasteiger partial charge on any atom is 0.274 e. The van der Waals surface area contributed by atoms with Gasteiger partial charge in [0.25, 0.3) is 5.56 Å². The molecule has 2 aromatic carbocycles. The normalized spacial score (nSPS) is 12.1. The zero-order valence-corrected chi connectivity index (χ0v) is 16.1.